The van der Waals surface area contributed by atoms with Crippen LogP contribution in [-0.4, -0.2) is 20.1 Å². The number of nitrogens with one attached hydrogen (secondary N) is 1. The number of furan rings is 1. The number of anilines is 1. The van der Waals surface area contributed by atoms with Crippen molar-refractivity contribution < 1.29 is 18.7 Å². The number of hydrogen-bond donors (Lipinski definition) is 1. The molecule has 0 bridgehead atoms. The van der Waals surface area contributed by atoms with Crippen molar-refractivity contribution in [3.05, 3.63) is 52.7 Å². The number of amides is 1. The largest absolute Gasteiger partial charge is 0.497 e. The molecule has 1 amide bonds. The Morgan fingerprint density at radius 1 is 1.12 bits per heavy atom. The summed E-state index contributed by atoms with van der Waals surface area (Å²) in [6.45, 7) is 1.82. The molecule has 0 radical (unpaired) electrons. The van der Waals surface area contributed by atoms with Crippen LogP contribution in [0.3, 0.4) is 0 Å². The molecule has 5 nitrogen and oxygen atoms in total. The molecule has 0 aliphatic rings. The molecule has 0 saturated heterocycles. The van der Waals surface area contributed by atoms with Crippen LogP contribution in [0.15, 0.2) is 40.8 Å². The maximum Gasteiger partial charge on any atom is 0.291 e. The quantitative estimate of drug-likeness (QED) is 0.746. The van der Waals surface area contributed by atoms with E-state index >= 15 is 0 Å². The average Bonchev–Trinajstić information content (AvgIpc) is 2.93. The van der Waals surface area contributed by atoms with Gasteiger partial charge in [-0.3, -0.25) is 4.79 Å². The second kappa shape index (κ2) is 6.45. The molecule has 3 aromatic rings. The average molecular weight is 346 g/mol. The predicted octanol–water partition coefficient (Wildman–Crippen LogP) is 4.66. The van der Waals surface area contributed by atoms with Crippen LogP contribution in [0.1, 0.15) is 16.1 Å². The van der Waals surface area contributed by atoms with E-state index < -0.39 is 0 Å². The number of ether oxygens (including phenoxy) is 2. The molecule has 0 unspecified atom stereocenters. The lowest BCUT2D eigenvalue weighted by Gasteiger charge is -2.09. The van der Waals surface area contributed by atoms with Gasteiger partial charge in [0.05, 0.1) is 19.2 Å². The monoisotopic (exact) mass is 345 g/mol. The highest BCUT2D eigenvalue weighted by Crippen LogP contribution is 2.32. The van der Waals surface area contributed by atoms with E-state index in [2.05, 4.69) is 5.32 Å². The molecule has 0 aliphatic carbocycles. The minimum atomic E-state index is -0.366. The molecule has 0 fully saturated rings. The summed E-state index contributed by atoms with van der Waals surface area (Å²) in [7, 11) is 3.09. The summed E-state index contributed by atoms with van der Waals surface area (Å²) < 4.78 is 16.1. The van der Waals surface area contributed by atoms with Gasteiger partial charge in [0.25, 0.3) is 5.91 Å². The van der Waals surface area contributed by atoms with E-state index in [1.807, 2.05) is 19.1 Å². The van der Waals surface area contributed by atoms with Crippen LogP contribution < -0.4 is 14.8 Å². The first kappa shape index (κ1) is 16.2. The first-order valence-corrected chi connectivity index (χ1v) is 7.63. The van der Waals surface area contributed by atoms with Gasteiger partial charge in [0.15, 0.2) is 11.3 Å². The minimum absolute atomic E-state index is 0.222. The Labute approximate surface area is 144 Å². The number of para-hydroxylation sites is 1. The van der Waals surface area contributed by atoms with Gasteiger partial charge in [0, 0.05) is 34.8 Å². The van der Waals surface area contributed by atoms with Crippen molar-refractivity contribution in [1.29, 1.82) is 0 Å². The lowest BCUT2D eigenvalue weighted by atomic mass is 10.1. The summed E-state index contributed by atoms with van der Waals surface area (Å²) in [6, 6.07) is 10.5. The fourth-order valence-corrected chi connectivity index (χ4v) is 2.71. The Morgan fingerprint density at radius 3 is 2.38 bits per heavy atom. The number of carbonyl (C=O) groups is 1. The van der Waals surface area contributed by atoms with Crippen molar-refractivity contribution in [2.45, 2.75) is 6.92 Å². The van der Waals surface area contributed by atoms with Crippen molar-refractivity contribution in [3.63, 3.8) is 0 Å². The summed E-state index contributed by atoms with van der Waals surface area (Å²) in [4.78, 5) is 12.6. The number of hydrogen-bond acceptors (Lipinski definition) is 4. The fourth-order valence-electron chi connectivity index (χ4n) is 2.49. The second-order valence-corrected chi connectivity index (χ2v) is 5.64. The van der Waals surface area contributed by atoms with Crippen molar-refractivity contribution in [2.75, 3.05) is 19.5 Å². The van der Waals surface area contributed by atoms with Crippen LogP contribution in [0.5, 0.6) is 11.5 Å². The molecule has 6 heteroatoms. The van der Waals surface area contributed by atoms with E-state index in [1.165, 1.54) is 0 Å². The number of fused-ring (bicyclic) bond motifs is 1. The molecule has 0 atom stereocenters. The number of benzene rings is 2. The Kier molecular flexibility index (Phi) is 4.36. The molecule has 0 spiro atoms. The summed E-state index contributed by atoms with van der Waals surface area (Å²) in [5.41, 5.74) is 1.78. The molecular weight excluding hydrogens is 330 g/mol. The van der Waals surface area contributed by atoms with Gasteiger partial charge in [-0.05, 0) is 13.0 Å². The summed E-state index contributed by atoms with van der Waals surface area (Å²) in [6.07, 6.45) is 0. The summed E-state index contributed by atoms with van der Waals surface area (Å²) >= 11 is 6.13. The van der Waals surface area contributed by atoms with Gasteiger partial charge in [0.1, 0.15) is 11.5 Å². The van der Waals surface area contributed by atoms with E-state index in [-0.39, 0.29) is 11.7 Å². The molecule has 1 heterocycles. The van der Waals surface area contributed by atoms with Gasteiger partial charge in [-0.15, -0.1) is 0 Å². The highest BCUT2D eigenvalue weighted by Gasteiger charge is 2.19. The third kappa shape index (κ3) is 2.90. The van der Waals surface area contributed by atoms with E-state index in [9.17, 15) is 4.79 Å². The van der Waals surface area contributed by atoms with Crippen LogP contribution in [0.2, 0.25) is 5.02 Å². The van der Waals surface area contributed by atoms with Crippen molar-refractivity contribution >= 4 is 34.2 Å². The van der Waals surface area contributed by atoms with Gasteiger partial charge in [-0.2, -0.15) is 0 Å². The lowest BCUT2D eigenvalue weighted by Crippen LogP contribution is -2.12. The number of rotatable bonds is 4. The zero-order chi connectivity index (χ0) is 17.3. The maximum absolute atomic E-state index is 12.6. The molecule has 24 heavy (non-hydrogen) atoms. The third-order valence-electron chi connectivity index (χ3n) is 3.73. The number of aryl methyl sites for hydroxylation is 1. The fraction of sp³-hybridized carbons (Fsp3) is 0.167. The van der Waals surface area contributed by atoms with Crippen molar-refractivity contribution in [3.8, 4) is 11.5 Å². The highest BCUT2D eigenvalue weighted by atomic mass is 35.5. The Morgan fingerprint density at radius 2 is 1.79 bits per heavy atom. The summed E-state index contributed by atoms with van der Waals surface area (Å²) in [5, 5.41) is 4.08. The summed E-state index contributed by atoms with van der Waals surface area (Å²) in [5.74, 6) is 1.01. The number of methoxy groups -OCH3 is 2. The van der Waals surface area contributed by atoms with Gasteiger partial charge in [-0.25, -0.2) is 0 Å². The molecule has 0 saturated carbocycles. The zero-order valence-corrected chi connectivity index (χ0v) is 14.2. The van der Waals surface area contributed by atoms with Gasteiger partial charge in [0.2, 0.25) is 0 Å². The minimum Gasteiger partial charge on any atom is -0.497 e. The third-order valence-corrected chi connectivity index (χ3v) is 4.03. The van der Waals surface area contributed by atoms with Crippen molar-refractivity contribution in [2.24, 2.45) is 0 Å². The van der Waals surface area contributed by atoms with E-state index in [1.54, 1.807) is 38.5 Å². The predicted molar refractivity (Wildman–Crippen MR) is 93.5 cm³/mol. The zero-order valence-electron chi connectivity index (χ0n) is 13.5. The van der Waals surface area contributed by atoms with Crippen LogP contribution >= 0.6 is 11.6 Å². The smallest absolute Gasteiger partial charge is 0.291 e. The van der Waals surface area contributed by atoms with Crippen LogP contribution in [0.4, 0.5) is 5.69 Å². The number of halogens is 1. The molecule has 124 valence electrons. The van der Waals surface area contributed by atoms with Gasteiger partial charge < -0.3 is 19.2 Å². The van der Waals surface area contributed by atoms with E-state index in [0.29, 0.717) is 27.8 Å². The molecule has 3 rings (SSSR count). The standard InChI is InChI=1S/C18H16ClNO4/c1-10-14-5-4-6-15(19)17(14)24-16(10)18(21)20-11-7-12(22-2)9-13(8-11)23-3/h4-9H,1-3H3,(H,20,21). The Hall–Kier alpha value is -2.66. The molecule has 2 aromatic carbocycles. The normalized spacial score (nSPS) is 10.7. The second-order valence-electron chi connectivity index (χ2n) is 5.23. The first-order chi connectivity index (χ1) is 11.5. The molecule has 0 aliphatic heterocycles. The maximum atomic E-state index is 12.6. The molecular formula is C18H16ClNO4. The van der Waals surface area contributed by atoms with Gasteiger partial charge >= 0.3 is 0 Å². The molecule has 1 aromatic heterocycles. The van der Waals surface area contributed by atoms with E-state index in [4.69, 9.17) is 25.5 Å². The van der Waals surface area contributed by atoms with Crippen LogP contribution in [0, 0.1) is 6.92 Å². The SMILES string of the molecule is COc1cc(NC(=O)c2oc3c(Cl)cccc3c2C)cc(OC)c1. The first-order valence-electron chi connectivity index (χ1n) is 7.25. The van der Waals surface area contributed by atoms with Gasteiger partial charge in [-0.1, -0.05) is 23.7 Å². The number of carbonyl (C=O) groups excluding carboxylic acids is 1. The highest BCUT2D eigenvalue weighted by molar-refractivity contribution is 6.35. The molecule has 1 N–H and O–H groups in total. The van der Waals surface area contributed by atoms with Crippen molar-refractivity contribution in [1.82, 2.24) is 0 Å². The Bertz CT molecular complexity index is 895. The van der Waals surface area contributed by atoms with E-state index in [0.717, 1.165) is 10.9 Å². The lowest BCUT2D eigenvalue weighted by molar-refractivity contribution is 0.0998. The Balaban J connectivity index is 1.96. The van der Waals surface area contributed by atoms with Crippen LogP contribution in [-0.2, 0) is 0 Å². The van der Waals surface area contributed by atoms with Crippen LogP contribution in [0.25, 0.3) is 11.0 Å². The topological polar surface area (TPSA) is 60.7 Å².